The number of amides is 2. The summed E-state index contributed by atoms with van der Waals surface area (Å²) in [6.45, 7) is 2.90. The Bertz CT molecular complexity index is 1250. The fourth-order valence-electron chi connectivity index (χ4n) is 4.68. The van der Waals surface area contributed by atoms with Gasteiger partial charge in [-0.1, -0.05) is 12.1 Å². The van der Waals surface area contributed by atoms with Gasteiger partial charge in [0, 0.05) is 44.2 Å². The Kier molecular flexibility index (Phi) is 7.81. The van der Waals surface area contributed by atoms with E-state index in [2.05, 4.69) is 15.1 Å². The van der Waals surface area contributed by atoms with Gasteiger partial charge >= 0.3 is 0 Å². The number of methoxy groups -OCH3 is 1. The van der Waals surface area contributed by atoms with Crippen LogP contribution in [0.25, 0.3) is 11.3 Å². The number of hydrogen-bond donors (Lipinski definition) is 0. The Morgan fingerprint density at radius 3 is 2.37 bits per heavy atom. The predicted octanol–water partition coefficient (Wildman–Crippen LogP) is 3.77. The van der Waals surface area contributed by atoms with Gasteiger partial charge in [-0.3, -0.25) is 9.59 Å². The molecule has 0 radical (unpaired) electrons. The van der Waals surface area contributed by atoms with Gasteiger partial charge in [-0.15, -0.1) is 10.2 Å². The third-order valence-corrected chi connectivity index (χ3v) is 7.06. The molecule has 1 aliphatic heterocycles. The fourth-order valence-corrected chi connectivity index (χ4v) is 4.68. The van der Waals surface area contributed by atoms with Gasteiger partial charge < -0.3 is 19.4 Å². The minimum absolute atomic E-state index is 0.00216. The Hall–Kier alpha value is -4.01. The van der Waals surface area contributed by atoms with Crippen LogP contribution in [0.1, 0.15) is 24.8 Å². The van der Waals surface area contributed by atoms with Gasteiger partial charge in [0.1, 0.15) is 18.1 Å². The molecule has 1 saturated carbocycles. The van der Waals surface area contributed by atoms with E-state index in [4.69, 9.17) is 4.74 Å². The maximum absolute atomic E-state index is 13.3. The van der Waals surface area contributed by atoms with Crippen LogP contribution in [-0.2, 0) is 16.1 Å². The maximum atomic E-state index is 13.3. The van der Waals surface area contributed by atoms with Crippen LogP contribution >= 0.6 is 0 Å². The van der Waals surface area contributed by atoms with Gasteiger partial charge in [0.25, 0.3) is 0 Å². The van der Waals surface area contributed by atoms with Crippen molar-refractivity contribution in [3.63, 3.8) is 0 Å². The molecule has 2 heterocycles. The standard InChI is InChI=1S/C29H32FN5O3/c1-38-25-11-7-22(8-12-25)26-13-14-27(32-31-26)33-15-2-16-34(18-17-33)28(36)20-35(29(37)23-5-6-23)19-21-3-9-24(30)10-4-21/h3-4,7-14,23H,2,5-6,15-20H2,1H3. The van der Waals surface area contributed by atoms with Crippen LogP contribution in [0.3, 0.4) is 0 Å². The van der Waals surface area contributed by atoms with Gasteiger partial charge in [-0.25, -0.2) is 4.39 Å². The highest BCUT2D eigenvalue weighted by Crippen LogP contribution is 2.31. The van der Waals surface area contributed by atoms with E-state index in [9.17, 15) is 14.0 Å². The van der Waals surface area contributed by atoms with Crippen molar-refractivity contribution in [1.82, 2.24) is 20.0 Å². The van der Waals surface area contributed by atoms with E-state index in [1.54, 1.807) is 24.1 Å². The van der Waals surface area contributed by atoms with Crippen LogP contribution in [0.15, 0.2) is 60.7 Å². The Balaban J connectivity index is 1.19. The lowest BCUT2D eigenvalue weighted by atomic mass is 10.1. The third-order valence-electron chi connectivity index (χ3n) is 7.06. The molecule has 198 valence electrons. The van der Waals surface area contributed by atoms with E-state index in [0.717, 1.165) is 54.2 Å². The largest absolute Gasteiger partial charge is 0.497 e. The smallest absolute Gasteiger partial charge is 0.242 e. The van der Waals surface area contributed by atoms with Crippen molar-refractivity contribution in [2.45, 2.75) is 25.8 Å². The molecule has 2 amide bonds. The van der Waals surface area contributed by atoms with Crippen molar-refractivity contribution in [1.29, 1.82) is 0 Å². The molecule has 1 aromatic heterocycles. The number of anilines is 1. The summed E-state index contributed by atoms with van der Waals surface area (Å²) < 4.78 is 18.5. The van der Waals surface area contributed by atoms with E-state index in [0.29, 0.717) is 26.2 Å². The summed E-state index contributed by atoms with van der Waals surface area (Å²) in [4.78, 5) is 31.8. The first-order valence-corrected chi connectivity index (χ1v) is 13.0. The normalized spacial score (nSPS) is 15.6. The molecular formula is C29H32FN5O3. The van der Waals surface area contributed by atoms with Crippen LogP contribution in [0.4, 0.5) is 10.2 Å². The highest BCUT2D eigenvalue weighted by Gasteiger charge is 2.35. The van der Waals surface area contributed by atoms with Crippen molar-refractivity contribution in [2.75, 3.05) is 44.7 Å². The van der Waals surface area contributed by atoms with Crippen molar-refractivity contribution >= 4 is 17.6 Å². The molecule has 2 fully saturated rings. The average molecular weight is 518 g/mol. The van der Waals surface area contributed by atoms with Crippen molar-refractivity contribution in [2.24, 2.45) is 5.92 Å². The summed E-state index contributed by atoms with van der Waals surface area (Å²) in [5.74, 6) is 1.19. The lowest BCUT2D eigenvalue weighted by molar-refractivity contribution is -0.141. The van der Waals surface area contributed by atoms with Crippen molar-refractivity contribution < 1.29 is 18.7 Å². The summed E-state index contributed by atoms with van der Waals surface area (Å²) in [5, 5.41) is 8.86. The fraction of sp³-hybridized carbons (Fsp3) is 0.379. The second-order valence-electron chi connectivity index (χ2n) is 9.82. The number of rotatable bonds is 8. The van der Waals surface area contributed by atoms with Gasteiger partial charge in [-0.05, 0) is 73.4 Å². The molecule has 38 heavy (non-hydrogen) atoms. The molecule has 5 rings (SSSR count). The van der Waals surface area contributed by atoms with Crippen LogP contribution in [0.2, 0.25) is 0 Å². The number of hydrogen-bond acceptors (Lipinski definition) is 6. The van der Waals surface area contributed by atoms with Gasteiger partial charge in [0.2, 0.25) is 11.8 Å². The van der Waals surface area contributed by atoms with Crippen LogP contribution in [0, 0.1) is 11.7 Å². The van der Waals surface area contributed by atoms with Crippen molar-refractivity contribution in [3.8, 4) is 17.0 Å². The average Bonchev–Trinajstić information content (AvgIpc) is 3.81. The lowest BCUT2D eigenvalue weighted by Gasteiger charge is -2.27. The molecule has 0 spiro atoms. The molecule has 3 aromatic rings. The Labute approximate surface area is 222 Å². The molecule has 1 saturated heterocycles. The molecule has 0 N–H and O–H groups in total. The zero-order valence-electron chi connectivity index (χ0n) is 21.6. The third kappa shape index (κ3) is 6.27. The minimum atomic E-state index is -0.320. The second-order valence-corrected chi connectivity index (χ2v) is 9.82. The summed E-state index contributed by atoms with van der Waals surface area (Å²) in [7, 11) is 1.64. The number of nitrogens with zero attached hydrogens (tertiary/aromatic N) is 5. The first-order valence-electron chi connectivity index (χ1n) is 13.0. The zero-order valence-corrected chi connectivity index (χ0v) is 21.6. The van der Waals surface area contributed by atoms with Gasteiger partial charge in [0.05, 0.1) is 12.8 Å². The lowest BCUT2D eigenvalue weighted by Crippen LogP contribution is -2.44. The minimum Gasteiger partial charge on any atom is -0.497 e. The van der Waals surface area contributed by atoms with Crippen LogP contribution < -0.4 is 9.64 Å². The van der Waals surface area contributed by atoms with Crippen LogP contribution in [0.5, 0.6) is 5.75 Å². The van der Waals surface area contributed by atoms with E-state index < -0.39 is 0 Å². The number of carbonyl (C=O) groups is 2. The summed E-state index contributed by atoms with van der Waals surface area (Å²) >= 11 is 0. The number of carbonyl (C=O) groups excluding carboxylic acids is 2. The molecular weight excluding hydrogens is 485 g/mol. The summed E-state index contributed by atoms with van der Waals surface area (Å²) in [5.41, 5.74) is 2.56. The topological polar surface area (TPSA) is 78.9 Å². The van der Waals surface area contributed by atoms with E-state index in [1.807, 2.05) is 41.3 Å². The number of ether oxygens (including phenoxy) is 1. The monoisotopic (exact) mass is 517 g/mol. The highest BCUT2D eigenvalue weighted by atomic mass is 19.1. The first kappa shape index (κ1) is 25.6. The Morgan fingerprint density at radius 2 is 1.71 bits per heavy atom. The molecule has 0 atom stereocenters. The van der Waals surface area contributed by atoms with Crippen molar-refractivity contribution in [3.05, 3.63) is 72.0 Å². The van der Waals surface area contributed by atoms with E-state index in [1.165, 1.54) is 12.1 Å². The predicted molar refractivity (Wildman–Crippen MR) is 142 cm³/mol. The van der Waals surface area contributed by atoms with Gasteiger partial charge in [0.15, 0.2) is 5.82 Å². The van der Waals surface area contributed by atoms with Gasteiger partial charge in [-0.2, -0.15) is 0 Å². The highest BCUT2D eigenvalue weighted by molar-refractivity contribution is 5.87. The number of halogens is 1. The Morgan fingerprint density at radius 1 is 0.947 bits per heavy atom. The summed E-state index contributed by atoms with van der Waals surface area (Å²) in [6.07, 6.45) is 2.52. The molecule has 2 aliphatic rings. The molecule has 1 aliphatic carbocycles. The first-order chi connectivity index (χ1) is 18.5. The number of aromatic nitrogens is 2. The van der Waals surface area contributed by atoms with E-state index >= 15 is 0 Å². The maximum Gasteiger partial charge on any atom is 0.242 e. The second kappa shape index (κ2) is 11.6. The van der Waals surface area contributed by atoms with Crippen LogP contribution in [-0.4, -0.2) is 71.6 Å². The molecule has 8 nitrogen and oxygen atoms in total. The van der Waals surface area contributed by atoms with E-state index in [-0.39, 0.29) is 30.1 Å². The number of benzene rings is 2. The quantitative estimate of drug-likeness (QED) is 0.453. The molecule has 9 heteroatoms. The summed E-state index contributed by atoms with van der Waals surface area (Å²) in [6, 6.07) is 17.7. The molecule has 2 aromatic carbocycles. The SMILES string of the molecule is COc1ccc(-c2ccc(N3CCCN(C(=O)CN(Cc4ccc(F)cc4)C(=O)C4CC4)CC3)nn2)cc1. The zero-order chi connectivity index (χ0) is 26.5. The molecule has 0 unspecified atom stereocenters. The molecule has 0 bridgehead atoms.